The fourth-order valence-electron chi connectivity index (χ4n) is 4.62. The molecular formula is C22H19FN4O6. The number of pyridine rings is 1. The molecule has 0 aliphatic carbocycles. The average Bonchev–Trinajstić information content (AvgIpc) is 3.39. The Labute approximate surface area is 186 Å². The quantitative estimate of drug-likeness (QED) is 0.599. The molecule has 3 aromatic rings. The fourth-order valence-corrected chi connectivity index (χ4v) is 4.62. The van der Waals surface area contributed by atoms with Crippen LogP contribution in [0.5, 0.6) is 11.5 Å². The van der Waals surface area contributed by atoms with E-state index in [4.69, 9.17) is 9.47 Å². The first-order valence-corrected chi connectivity index (χ1v) is 10.2. The topological polar surface area (TPSA) is 123 Å². The van der Waals surface area contributed by atoms with Crippen LogP contribution in [0.3, 0.4) is 0 Å². The number of amides is 1. The third-order valence-electron chi connectivity index (χ3n) is 6.02. The number of carbonyl (C=O) groups excluding carboxylic acids is 2. The van der Waals surface area contributed by atoms with Gasteiger partial charge in [0.15, 0.2) is 17.2 Å². The summed E-state index contributed by atoms with van der Waals surface area (Å²) in [4.78, 5) is 37.8. The van der Waals surface area contributed by atoms with Gasteiger partial charge in [0.25, 0.3) is 0 Å². The highest BCUT2D eigenvalue weighted by Crippen LogP contribution is 2.43. The average molecular weight is 454 g/mol. The van der Waals surface area contributed by atoms with Crippen molar-refractivity contribution >= 4 is 29.1 Å². The Balaban J connectivity index is 1.78. The van der Waals surface area contributed by atoms with Crippen LogP contribution in [0.2, 0.25) is 0 Å². The lowest BCUT2D eigenvalue weighted by atomic mass is 9.92. The van der Waals surface area contributed by atoms with Crippen molar-refractivity contribution in [3.8, 4) is 11.5 Å². The summed E-state index contributed by atoms with van der Waals surface area (Å²) in [5, 5.41) is 18.0. The van der Waals surface area contributed by atoms with E-state index in [0.29, 0.717) is 11.3 Å². The van der Waals surface area contributed by atoms with E-state index in [1.807, 2.05) is 0 Å². The van der Waals surface area contributed by atoms with E-state index >= 15 is 0 Å². The molecular weight excluding hydrogens is 435 g/mol. The van der Waals surface area contributed by atoms with Crippen LogP contribution in [0.1, 0.15) is 42.4 Å². The molecule has 0 unspecified atom stereocenters. The summed E-state index contributed by atoms with van der Waals surface area (Å²) in [6.07, 6.45) is -0.0848. The van der Waals surface area contributed by atoms with Crippen molar-refractivity contribution in [2.75, 3.05) is 18.1 Å². The number of anilines is 1. The van der Waals surface area contributed by atoms with Crippen LogP contribution in [-0.4, -0.2) is 50.6 Å². The highest BCUT2D eigenvalue weighted by molar-refractivity contribution is 6.07. The van der Waals surface area contributed by atoms with Crippen LogP contribution in [0.4, 0.5) is 15.0 Å². The Morgan fingerprint density at radius 1 is 1.15 bits per heavy atom. The highest BCUT2D eigenvalue weighted by Gasteiger charge is 2.36. The summed E-state index contributed by atoms with van der Waals surface area (Å²) in [6.45, 7) is 2.60. The first kappa shape index (κ1) is 20.9. The molecule has 5 rings (SSSR count). The maximum absolute atomic E-state index is 14.9. The standard InChI is InChI=1S/C22H19FN4O6/c1-10(28)18(11(2)29)13-5-17-21(27-9-24-25-20(13)27)26(22(30)31)6-14-15(23)3-4-16-19(14)12(7-32-16)8-33-17/h3-5,9,12,18H,6-8H2,1-2H3,(H,30,31)/t12-/m0/s1. The Bertz CT molecular complexity index is 1320. The summed E-state index contributed by atoms with van der Waals surface area (Å²) in [5.41, 5.74) is 1.16. The molecule has 4 heterocycles. The van der Waals surface area contributed by atoms with Crippen LogP contribution in [0.15, 0.2) is 24.5 Å². The number of rotatable bonds is 3. The van der Waals surface area contributed by atoms with Crippen molar-refractivity contribution < 1.29 is 33.4 Å². The Morgan fingerprint density at radius 2 is 1.85 bits per heavy atom. The lowest BCUT2D eigenvalue weighted by molar-refractivity contribution is -0.126. The van der Waals surface area contributed by atoms with Gasteiger partial charge in [0.05, 0.1) is 25.7 Å². The van der Waals surface area contributed by atoms with Gasteiger partial charge in [-0.05, 0) is 32.0 Å². The number of nitrogens with zero attached hydrogens (tertiary/aromatic N) is 4. The molecule has 1 amide bonds. The van der Waals surface area contributed by atoms with Gasteiger partial charge in [-0.25, -0.2) is 9.18 Å². The van der Waals surface area contributed by atoms with E-state index in [1.54, 1.807) is 0 Å². The van der Waals surface area contributed by atoms with E-state index in [-0.39, 0.29) is 54.0 Å². The summed E-state index contributed by atoms with van der Waals surface area (Å²) in [6, 6.07) is 4.22. The summed E-state index contributed by atoms with van der Waals surface area (Å²) >= 11 is 0. The van der Waals surface area contributed by atoms with E-state index in [0.717, 1.165) is 4.90 Å². The number of hydrogen-bond donors (Lipinski definition) is 1. The van der Waals surface area contributed by atoms with Gasteiger partial charge in [0, 0.05) is 16.7 Å². The lowest BCUT2D eigenvalue weighted by Crippen LogP contribution is -2.31. The highest BCUT2D eigenvalue weighted by atomic mass is 19.1. The second-order valence-electron chi connectivity index (χ2n) is 8.09. The molecule has 1 atom stereocenters. The molecule has 33 heavy (non-hydrogen) atoms. The van der Waals surface area contributed by atoms with Gasteiger partial charge < -0.3 is 14.6 Å². The number of carboxylic acid groups (broad SMARTS) is 1. The summed E-state index contributed by atoms with van der Waals surface area (Å²) < 4.78 is 28.0. The summed E-state index contributed by atoms with van der Waals surface area (Å²) in [7, 11) is 0. The molecule has 10 nitrogen and oxygen atoms in total. The van der Waals surface area contributed by atoms with Crippen LogP contribution < -0.4 is 14.4 Å². The molecule has 170 valence electrons. The number of halogens is 1. The van der Waals surface area contributed by atoms with Crippen molar-refractivity contribution in [2.24, 2.45) is 0 Å². The second kappa shape index (κ2) is 7.54. The van der Waals surface area contributed by atoms with Crippen LogP contribution >= 0.6 is 0 Å². The molecule has 1 N–H and O–H groups in total. The van der Waals surface area contributed by atoms with Gasteiger partial charge in [0.2, 0.25) is 0 Å². The van der Waals surface area contributed by atoms with Crippen molar-refractivity contribution in [1.29, 1.82) is 0 Å². The predicted molar refractivity (Wildman–Crippen MR) is 111 cm³/mol. The first-order valence-electron chi connectivity index (χ1n) is 10.2. The Hall–Kier alpha value is -4.02. The molecule has 2 aliphatic heterocycles. The minimum Gasteiger partial charge on any atom is -0.493 e. The number of benzene rings is 1. The molecule has 2 aromatic heterocycles. The van der Waals surface area contributed by atoms with Gasteiger partial charge in [-0.1, -0.05) is 0 Å². The molecule has 11 heteroatoms. The maximum atomic E-state index is 14.9. The third kappa shape index (κ3) is 3.19. The lowest BCUT2D eigenvalue weighted by Gasteiger charge is -2.24. The minimum absolute atomic E-state index is 0.0509. The maximum Gasteiger partial charge on any atom is 0.413 e. The number of ether oxygens (including phenoxy) is 2. The monoisotopic (exact) mass is 454 g/mol. The minimum atomic E-state index is -1.35. The molecule has 0 saturated heterocycles. The summed E-state index contributed by atoms with van der Waals surface area (Å²) in [5.74, 6) is -2.15. The zero-order valence-electron chi connectivity index (χ0n) is 17.7. The molecule has 0 spiro atoms. The molecule has 0 radical (unpaired) electrons. The van der Waals surface area contributed by atoms with E-state index < -0.39 is 29.4 Å². The number of aromatic nitrogens is 3. The second-order valence-corrected chi connectivity index (χ2v) is 8.09. The zero-order valence-corrected chi connectivity index (χ0v) is 17.7. The predicted octanol–water partition coefficient (Wildman–Crippen LogP) is 2.68. The van der Waals surface area contributed by atoms with Crippen molar-refractivity contribution in [3.63, 3.8) is 0 Å². The molecule has 0 fully saturated rings. The fraction of sp³-hybridized carbons (Fsp3) is 0.318. The normalized spacial score (nSPS) is 16.8. The van der Waals surface area contributed by atoms with E-state index in [9.17, 15) is 23.9 Å². The largest absolute Gasteiger partial charge is 0.493 e. The third-order valence-corrected chi connectivity index (χ3v) is 6.02. The van der Waals surface area contributed by atoms with E-state index in [2.05, 4.69) is 10.2 Å². The molecule has 0 bridgehead atoms. The van der Waals surface area contributed by atoms with E-state index in [1.165, 1.54) is 42.8 Å². The van der Waals surface area contributed by atoms with Gasteiger partial charge >= 0.3 is 6.09 Å². The van der Waals surface area contributed by atoms with Crippen molar-refractivity contribution in [2.45, 2.75) is 32.2 Å². The Morgan fingerprint density at radius 3 is 2.52 bits per heavy atom. The Kier molecular flexibility index (Phi) is 4.76. The smallest absolute Gasteiger partial charge is 0.413 e. The van der Waals surface area contributed by atoms with Crippen LogP contribution in [0.25, 0.3) is 5.65 Å². The number of carbonyl (C=O) groups is 3. The van der Waals surface area contributed by atoms with Crippen LogP contribution in [0, 0.1) is 5.82 Å². The number of fused-ring (bicyclic) bond motifs is 3. The van der Waals surface area contributed by atoms with Gasteiger partial charge in [-0.3, -0.25) is 18.9 Å². The zero-order chi connectivity index (χ0) is 23.4. The molecule has 2 aliphatic rings. The number of Topliss-reactive ketones (excluding diaryl/α,β-unsaturated/α-hetero) is 2. The molecule has 0 saturated carbocycles. The van der Waals surface area contributed by atoms with Gasteiger partial charge in [-0.2, -0.15) is 0 Å². The SMILES string of the molecule is CC(=O)C(C(C)=O)c1cc2c(n3cnnc13)N(C(=O)O)Cc1c(F)ccc3c1[C@@H](CO3)CO2. The van der Waals surface area contributed by atoms with Gasteiger partial charge in [-0.15, -0.1) is 10.2 Å². The first-order chi connectivity index (χ1) is 15.8. The van der Waals surface area contributed by atoms with Crippen LogP contribution in [-0.2, 0) is 16.1 Å². The van der Waals surface area contributed by atoms with Crippen molar-refractivity contribution in [1.82, 2.24) is 14.6 Å². The van der Waals surface area contributed by atoms with Crippen molar-refractivity contribution in [3.05, 3.63) is 47.0 Å². The number of ketones is 2. The number of hydrogen-bond acceptors (Lipinski definition) is 7. The van der Waals surface area contributed by atoms with Gasteiger partial charge in [0.1, 0.15) is 35.4 Å². The molecule has 1 aromatic carbocycles.